The average Bonchev–Trinajstić information content (AvgIpc) is 2.60. The smallest absolute Gasteiger partial charge is 0.294 e. The van der Waals surface area contributed by atoms with E-state index in [1.54, 1.807) is 32.0 Å². The van der Waals surface area contributed by atoms with Crippen LogP contribution in [0.4, 0.5) is 4.79 Å². The van der Waals surface area contributed by atoms with Gasteiger partial charge in [0.1, 0.15) is 17.5 Å². The summed E-state index contributed by atoms with van der Waals surface area (Å²) in [6.07, 6.45) is -0.930. The van der Waals surface area contributed by atoms with Gasteiger partial charge >= 0.3 is 0 Å². The van der Waals surface area contributed by atoms with E-state index in [1.165, 1.54) is 0 Å². The number of carbonyl (C=O) groups excluding carboxylic acids is 1. The molecule has 7 nitrogen and oxygen atoms in total. The first kappa shape index (κ1) is 19.0. The van der Waals surface area contributed by atoms with Crippen LogP contribution in [0.15, 0.2) is 18.2 Å². The number of likely N-dealkylation sites (N-methyl/N-ethyl adjacent to an activating group) is 1. The van der Waals surface area contributed by atoms with E-state index in [9.17, 15) is 9.90 Å². The van der Waals surface area contributed by atoms with Gasteiger partial charge in [0.2, 0.25) is 0 Å². The summed E-state index contributed by atoms with van der Waals surface area (Å²) >= 11 is 1.14. The zero-order valence-electron chi connectivity index (χ0n) is 15.2. The van der Waals surface area contributed by atoms with Crippen molar-refractivity contribution in [1.82, 2.24) is 14.5 Å². The molecule has 2 atom stereocenters. The second kappa shape index (κ2) is 7.45. The summed E-state index contributed by atoms with van der Waals surface area (Å²) in [7, 11) is 2.06. The highest BCUT2D eigenvalue weighted by Crippen LogP contribution is 2.40. The van der Waals surface area contributed by atoms with Gasteiger partial charge in [-0.25, -0.2) is 4.31 Å². The molecule has 2 aliphatic rings. The average molecular weight is 376 g/mol. The maximum absolute atomic E-state index is 12.6. The lowest BCUT2D eigenvalue weighted by Crippen LogP contribution is -2.53. The number of fused-ring (bicyclic) bond motifs is 1. The second-order valence-electron chi connectivity index (χ2n) is 7.25. The summed E-state index contributed by atoms with van der Waals surface area (Å²) in [6.45, 7) is 7.03. The van der Waals surface area contributed by atoms with Gasteiger partial charge in [0.15, 0.2) is 0 Å². The molecule has 0 radical (unpaired) electrons. The monoisotopic (exact) mass is 376 g/mol. The summed E-state index contributed by atoms with van der Waals surface area (Å²) in [5.74, 6) is 0.578. The molecular formula is C18H24N4O3S. The standard InChI is InChI=1S/C18H24N4O3S/c1-18(2)16(23)15(13-10-12(11-19)4-5-14(13)25-18)20-17(24)26-22-8-6-21(3)7-9-22/h4-5,10,15-16,23H,6-9H2,1-3H3,(H,20,24). The van der Waals surface area contributed by atoms with Crippen LogP contribution < -0.4 is 10.1 Å². The Morgan fingerprint density at radius 1 is 1.38 bits per heavy atom. The van der Waals surface area contributed by atoms with Crippen molar-refractivity contribution < 1.29 is 14.6 Å². The predicted molar refractivity (Wildman–Crippen MR) is 99.8 cm³/mol. The molecule has 2 aliphatic heterocycles. The van der Waals surface area contributed by atoms with Gasteiger partial charge in [-0.1, -0.05) is 0 Å². The van der Waals surface area contributed by atoms with Crippen molar-refractivity contribution >= 4 is 17.2 Å². The molecule has 1 aromatic rings. The van der Waals surface area contributed by atoms with Gasteiger partial charge in [-0.3, -0.25) is 4.79 Å². The van der Waals surface area contributed by atoms with Crippen molar-refractivity contribution in [1.29, 1.82) is 5.26 Å². The van der Waals surface area contributed by atoms with Gasteiger partial charge in [0.05, 0.1) is 17.7 Å². The normalized spacial score (nSPS) is 25.7. The third-order valence-electron chi connectivity index (χ3n) is 4.82. The molecule has 0 spiro atoms. The molecule has 0 saturated carbocycles. The Kier molecular flexibility index (Phi) is 5.44. The van der Waals surface area contributed by atoms with Crippen LogP contribution in [-0.4, -0.2) is 64.5 Å². The third-order valence-corrected chi connectivity index (χ3v) is 5.73. The van der Waals surface area contributed by atoms with Gasteiger partial charge in [-0.2, -0.15) is 5.26 Å². The number of ether oxygens (including phenoxy) is 1. The Balaban J connectivity index is 1.77. The number of piperazine rings is 1. The first-order valence-corrected chi connectivity index (χ1v) is 9.40. The molecule has 1 saturated heterocycles. The Morgan fingerprint density at radius 2 is 2.08 bits per heavy atom. The highest BCUT2D eigenvalue weighted by molar-refractivity contribution is 8.11. The number of benzene rings is 1. The van der Waals surface area contributed by atoms with Gasteiger partial charge in [-0.05, 0) is 39.1 Å². The van der Waals surface area contributed by atoms with E-state index in [-0.39, 0.29) is 5.24 Å². The third kappa shape index (κ3) is 3.96. The predicted octanol–water partition coefficient (Wildman–Crippen LogP) is 1.74. The van der Waals surface area contributed by atoms with E-state index in [1.807, 2.05) is 4.31 Å². The van der Waals surface area contributed by atoms with Crippen LogP contribution in [-0.2, 0) is 0 Å². The lowest BCUT2D eigenvalue weighted by molar-refractivity contribution is -0.0616. The van der Waals surface area contributed by atoms with E-state index < -0.39 is 17.7 Å². The second-order valence-corrected chi connectivity index (χ2v) is 8.32. The molecule has 0 aromatic heterocycles. The highest BCUT2D eigenvalue weighted by Gasteiger charge is 2.43. The Bertz CT molecular complexity index is 726. The van der Waals surface area contributed by atoms with Crippen LogP contribution in [0.5, 0.6) is 5.75 Å². The summed E-state index contributed by atoms with van der Waals surface area (Å²) < 4.78 is 7.90. The maximum Gasteiger partial charge on any atom is 0.294 e. The molecule has 1 fully saturated rings. The summed E-state index contributed by atoms with van der Waals surface area (Å²) in [4.78, 5) is 14.8. The largest absolute Gasteiger partial charge is 0.485 e. The van der Waals surface area contributed by atoms with E-state index in [0.717, 1.165) is 38.1 Å². The number of nitriles is 1. The zero-order chi connectivity index (χ0) is 18.9. The lowest BCUT2D eigenvalue weighted by Gasteiger charge is -2.42. The first-order chi connectivity index (χ1) is 12.3. The molecule has 0 aliphatic carbocycles. The van der Waals surface area contributed by atoms with Crippen LogP contribution in [0.25, 0.3) is 0 Å². The van der Waals surface area contributed by atoms with Crippen molar-refractivity contribution in [2.24, 2.45) is 0 Å². The molecule has 3 rings (SSSR count). The number of rotatable bonds is 2. The summed E-state index contributed by atoms with van der Waals surface area (Å²) in [6, 6.07) is 6.51. The molecule has 1 amide bonds. The number of nitrogens with one attached hydrogen (secondary N) is 1. The van der Waals surface area contributed by atoms with Crippen LogP contribution in [0.2, 0.25) is 0 Å². The van der Waals surface area contributed by atoms with Crippen molar-refractivity contribution in [3.05, 3.63) is 29.3 Å². The summed E-state index contributed by atoms with van der Waals surface area (Å²) in [5.41, 5.74) is 0.242. The van der Waals surface area contributed by atoms with E-state index >= 15 is 0 Å². The minimum absolute atomic E-state index is 0.218. The van der Waals surface area contributed by atoms with E-state index in [2.05, 4.69) is 23.3 Å². The van der Waals surface area contributed by atoms with Crippen molar-refractivity contribution in [3.63, 3.8) is 0 Å². The SMILES string of the molecule is CN1CCN(SC(=O)NC2c3cc(C#N)ccc3OC(C)(C)C2O)CC1. The van der Waals surface area contributed by atoms with Crippen molar-refractivity contribution in [2.45, 2.75) is 31.6 Å². The Morgan fingerprint density at radius 3 is 2.73 bits per heavy atom. The minimum atomic E-state index is -0.930. The first-order valence-electron chi connectivity index (χ1n) is 8.63. The van der Waals surface area contributed by atoms with E-state index in [4.69, 9.17) is 10.00 Å². The Labute approximate surface area is 158 Å². The molecule has 1 aromatic carbocycles. The number of aliphatic hydroxyl groups excluding tert-OH is 1. The topological polar surface area (TPSA) is 88.8 Å². The van der Waals surface area contributed by atoms with E-state index in [0.29, 0.717) is 16.9 Å². The molecule has 140 valence electrons. The van der Waals surface area contributed by atoms with Crippen molar-refractivity contribution in [2.75, 3.05) is 33.2 Å². The van der Waals surface area contributed by atoms with Crippen LogP contribution in [0, 0.1) is 11.3 Å². The number of hydrogen-bond acceptors (Lipinski definition) is 7. The number of nitrogens with zero attached hydrogens (tertiary/aromatic N) is 3. The summed E-state index contributed by atoms with van der Waals surface area (Å²) in [5, 5.41) is 22.6. The fourth-order valence-corrected chi connectivity index (χ4v) is 3.94. The number of carbonyl (C=O) groups is 1. The Hall–Kier alpha value is -1.79. The van der Waals surface area contributed by atoms with Gasteiger partial charge in [0, 0.05) is 43.7 Å². The molecular weight excluding hydrogens is 352 g/mol. The molecule has 0 bridgehead atoms. The fraction of sp³-hybridized carbons (Fsp3) is 0.556. The zero-order valence-corrected chi connectivity index (χ0v) is 16.0. The van der Waals surface area contributed by atoms with Crippen LogP contribution in [0.1, 0.15) is 31.0 Å². The molecule has 8 heteroatoms. The van der Waals surface area contributed by atoms with Crippen molar-refractivity contribution in [3.8, 4) is 11.8 Å². The number of amides is 1. The molecule has 2 heterocycles. The molecule has 2 unspecified atom stereocenters. The molecule has 26 heavy (non-hydrogen) atoms. The van der Waals surface area contributed by atoms with Gasteiger partial charge in [-0.15, -0.1) is 0 Å². The highest BCUT2D eigenvalue weighted by atomic mass is 32.2. The maximum atomic E-state index is 12.6. The fourth-order valence-electron chi connectivity index (χ4n) is 3.18. The number of aliphatic hydroxyl groups is 1. The lowest BCUT2D eigenvalue weighted by atomic mass is 9.86. The molecule has 2 N–H and O–H groups in total. The minimum Gasteiger partial charge on any atom is -0.485 e. The quantitative estimate of drug-likeness (QED) is 0.760. The van der Waals surface area contributed by atoms with Crippen LogP contribution >= 0.6 is 11.9 Å². The number of hydrogen-bond donors (Lipinski definition) is 2. The van der Waals surface area contributed by atoms with Gasteiger partial charge < -0.3 is 20.1 Å². The van der Waals surface area contributed by atoms with Gasteiger partial charge in [0.25, 0.3) is 5.24 Å². The van der Waals surface area contributed by atoms with Crippen LogP contribution in [0.3, 0.4) is 0 Å².